The zero-order chi connectivity index (χ0) is 9.42. The minimum absolute atomic E-state index is 0.316. The second kappa shape index (κ2) is 2.76. The second-order valence-electron chi connectivity index (χ2n) is 2.78. The van der Waals surface area contributed by atoms with Crippen LogP contribution in [0.5, 0.6) is 0 Å². The fourth-order valence-electron chi connectivity index (χ4n) is 1.30. The molecule has 0 radical (unpaired) electrons. The van der Waals surface area contributed by atoms with Gasteiger partial charge in [-0.15, -0.1) is 0 Å². The third-order valence-electron chi connectivity index (χ3n) is 1.85. The molecule has 0 aliphatic carbocycles. The van der Waals surface area contributed by atoms with Gasteiger partial charge in [0.2, 0.25) is 0 Å². The summed E-state index contributed by atoms with van der Waals surface area (Å²) in [5, 5.41) is 18.0. The molecule has 13 heavy (non-hydrogen) atoms. The fourth-order valence-corrected chi connectivity index (χ4v) is 1.30. The molecule has 0 saturated heterocycles. The summed E-state index contributed by atoms with van der Waals surface area (Å²) in [5.74, 6) is 0. The Hall–Kier alpha value is -1.53. The van der Waals surface area contributed by atoms with E-state index in [-0.39, 0.29) is 0 Å². The number of hydrogen-bond acceptors (Lipinski definition) is 4. The van der Waals surface area contributed by atoms with Gasteiger partial charge in [0.05, 0.1) is 17.4 Å². The third-order valence-corrected chi connectivity index (χ3v) is 1.85. The predicted molar refractivity (Wildman–Crippen MR) is 50.3 cm³/mol. The zero-order valence-electron chi connectivity index (χ0n) is 6.73. The summed E-state index contributed by atoms with van der Waals surface area (Å²) < 4.78 is 0. The molecule has 5 N–H and O–H groups in total. The monoisotopic (exact) mass is 177 g/mol. The minimum atomic E-state index is -1.55. The first kappa shape index (κ1) is 8.09. The number of rotatable bonds is 1. The number of nitrogens with two attached hydrogens (primary N) is 1. The van der Waals surface area contributed by atoms with Crippen molar-refractivity contribution in [2.24, 2.45) is 0 Å². The Balaban J connectivity index is 2.77. The number of aromatic amines is 1. The first-order chi connectivity index (χ1) is 6.18. The maximum absolute atomic E-state index is 9.01. The van der Waals surface area contributed by atoms with E-state index >= 15 is 0 Å². The van der Waals surface area contributed by atoms with Gasteiger partial charge in [0, 0.05) is 11.2 Å². The van der Waals surface area contributed by atoms with Crippen LogP contribution in [0.4, 0.5) is 5.69 Å². The Kier molecular flexibility index (Phi) is 1.71. The lowest BCUT2D eigenvalue weighted by Gasteiger charge is -2.01. The average Bonchev–Trinajstić information content (AvgIpc) is 2.49. The van der Waals surface area contributed by atoms with Crippen molar-refractivity contribution in [3.8, 4) is 0 Å². The molecule has 1 aromatic carbocycles. The zero-order valence-corrected chi connectivity index (χ0v) is 6.73. The van der Waals surface area contributed by atoms with Gasteiger partial charge in [-0.1, -0.05) is 0 Å². The van der Waals surface area contributed by atoms with Gasteiger partial charge in [0.15, 0.2) is 0 Å². The van der Waals surface area contributed by atoms with Crippen molar-refractivity contribution >= 4 is 29.3 Å². The fraction of sp³-hybridized carbons (Fsp3) is 0. The van der Waals surface area contributed by atoms with E-state index in [0.717, 1.165) is 0 Å². The number of nitrogen functional groups attached to an aromatic ring is 1. The SMILES string of the molecule is Nc1cc(B(O)O)c2nc[nH]c2c1. The van der Waals surface area contributed by atoms with Crippen LogP contribution >= 0.6 is 0 Å². The molecule has 2 aromatic rings. The lowest BCUT2D eigenvalue weighted by molar-refractivity contribution is 0.426. The van der Waals surface area contributed by atoms with E-state index < -0.39 is 7.12 Å². The Morgan fingerprint density at radius 3 is 2.85 bits per heavy atom. The highest BCUT2D eigenvalue weighted by molar-refractivity contribution is 6.61. The number of H-pyrrole nitrogens is 1. The van der Waals surface area contributed by atoms with E-state index in [1.165, 1.54) is 12.4 Å². The molecule has 1 heterocycles. The number of aromatic nitrogens is 2. The third kappa shape index (κ3) is 1.26. The molecule has 5 nitrogen and oxygen atoms in total. The van der Waals surface area contributed by atoms with Gasteiger partial charge in [-0.25, -0.2) is 4.98 Å². The highest BCUT2D eigenvalue weighted by Gasteiger charge is 2.16. The van der Waals surface area contributed by atoms with E-state index in [9.17, 15) is 0 Å². The second-order valence-corrected chi connectivity index (χ2v) is 2.78. The summed E-state index contributed by atoms with van der Waals surface area (Å²) >= 11 is 0. The number of nitrogens with zero attached hydrogens (tertiary/aromatic N) is 1. The summed E-state index contributed by atoms with van der Waals surface area (Å²) in [5.41, 5.74) is 7.57. The predicted octanol–water partition coefficient (Wildman–Crippen LogP) is -1.18. The van der Waals surface area contributed by atoms with Gasteiger partial charge < -0.3 is 20.8 Å². The number of imidazole rings is 1. The van der Waals surface area contributed by atoms with E-state index in [1.807, 2.05) is 0 Å². The van der Waals surface area contributed by atoms with Gasteiger partial charge in [0.1, 0.15) is 0 Å². The standard InChI is InChI=1S/C7H8BN3O2/c9-4-1-5(8(12)13)7-6(2-4)10-3-11-7/h1-3,12-13H,9H2,(H,10,11). The maximum Gasteiger partial charge on any atom is 0.490 e. The molecule has 2 rings (SSSR count). The number of benzene rings is 1. The van der Waals surface area contributed by atoms with Crippen LogP contribution in [0.15, 0.2) is 18.5 Å². The first-order valence-corrected chi connectivity index (χ1v) is 3.77. The summed E-state index contributed by atoms with van der Waals surface area (Å²) in [6, 6.07) is 3.18. The Bertz CT molecular complexity index is 440. The molecule has 0 amide bonds. The Labute approximate surface area is 74.4 Å². The molecule has 1 aromatic heterocycles. The van der Waals surface area contributed by atoms with Crippen molar-refractivity contribution in [3.63, 3.8) is 0 Å². The molecular weight excluding hydrogens is 169 g/mol. The molecule has 0 aliphatic rings. The molecule has 6 heteroatoms. The van der Waals surface area contributed by atoms with Crippen LogP contribution in [0.1, 0.15) is 0 Å². The van der Waals surface area contributed by atoms with Crippen LogP contribution in [0.25, 0.3) is 11.0 Å². The van der Waals surface area contributed by atoms with Crippen molar-refractivity contribution < 1.29 is 10.0 Å². The van der Waals surface area contributed by atoms with Crippen LogP contribution < -0.4 is 11.2 Å². The number of nitrogens with one attached hydrogen (secondary N) is 1. The highest BCUT2D eigenvalue weighted by Crippen LogP contribution is 2.11. The van der Waals surface area contributed by atoms with Crippen molar-refractivity contribution in [1.82, 2.24) is 9.97 Å². The molecule has 66 valence electrons. The molecule has 0 saturated carbocycles. The molecule has 0 atom stereocenters. The largest absolute Gasteiger partial charge is 0.490 e. The first-order valence-electron chi connectivity index (χ1n) is 3.77. The van der Waals surface area contributed by atoms with Crippen molar-refractivity contribution in [1.29, 1.82) is 0 Å². The minimum Gasteiger partial charge on any atom is -0.423 e. The van der Waals surface area contributed by atoms with Crippen molar-refractivity contribution in [2.75, 3.05) is 5.73 Å². The molecule has 0 unspecified atom stereocenters. The summed E-state index contributed by atoms with van der Waals surface area (Å²) in [4.78, 5) is 6.79. The van der Waals surface area contributed by atoms with E-state index in [4.69, 9.17) is 15.8 Å². The average molecular weight is 177 g/mol. The maximum atomic E-state index is 9.01. The van der Waals surface area contributed by atoms with E-state index in [1.54, 1.807) is 6.07 Å². The van der Waals surface area contributed by atoms with Crippen LogP contribution in [-0.4, -0.2) is 27.1 Å². The van der Waals surface area contributed by atoms with Crippen LogP contribution in [0, 0.1) is 0 Å². The molecular formula is C7H8BN3O2. The highest BCUT2D eigenvalue weighted by atomic mass is 16.4. The van der Waals surface area contributed by atoms with Crippen molar-refractivity contribution in [3.05, 3.63) is 18.5 Å². The summed E-state index contributed by atoms with van der Waals surface area (Å²) in [6.45, 7) is 0. The summed E-state index contributed by atoms with van der Waals surface area (Å²) in [7, 11) is -1.55. The van der Waals surface area contributed by atoms with Gasteiger partial charge in [0.25, 0.3) is 0 Å². The van der Waals surface area contributed by atoms with E-state index in [0.29, 0.717) is 22.2 Å². The van der Waals surface area contributed by atoms with Crippen LogP contribution in [-0.2, 0) is 0 Å². The lowest BCUT2D eigenvalue weighted by atomic mass is 9.79. The topological polar surface area (TPSA) is 95.2 Å². The number of anilines is 1. The van der Waals surface area contributed by atoms with Gasteiger partial charge >= 0.3 is 7.12 Å². The normalized spacial score (nSPS) is 10.6. The number of fused-ring (bicyclic) bond motifs is 1. The van der Waals surface area contributed by atoms with Crippen LogP contribution in [0.2, 0.25) is 0 Å². The lowest BCUT2D eigenvalue weighted by Crippen LogP contribution is -2.31. The van der Waals surface area contributed by atoms with E-state index in [2.05, 4.69) is 9.97 Å². The molecule has 0 bridgehead atoms. The van der Waals surface area contributed by atoms with Crippen molar-refractivity contribution in [2.45, 2.75) is 0 Å². The molecule has 0 spiro atoms. The Morgan fingerprint density at radius 2 is 2.15 bits per heavy atom. The Morgan fingerprint density at radius 1 is 1.38 bits per heavy atom. The summed E-state index contributed by atoms with van der Waals surface area (Å²) in [6.07, 6.45) is 1.48. The van der Waals surface area contributed by atoms with Crippen LogP contribution in [0.3, 0.4) is 0 Å². The van der Waals surface area contributed by atoms with Gasteiger partial charge in [-0.3, -0.25) is 0 Å². The van der Waals surface area contributed by atoms with Gasteiger partial charge in [-0.05, 0) is 12.1 Å². The number of hydrogen-bond donors (Lipinski definition) is 4. The quantitative estimate of drug-likeness (QED) is 0.326. The molecule has 0 aliphatic heterocycles. The molecule has 0 fully saturated rings. The van der Waals surface area contributed by atoms with Gasteiger partial charge in [-0.2, -0.15) is 0 Å². The smallest absolute Gasteiger partial charge is 0.423 e.